The normalized spacial score (nSPS) is 12.3. The van der Waals surface area contributed by atoms with Crippen LogP contribution in [-0.2, 0) is 4.79 Å². The van der Waals surface area contributed by atoms with Crippen molar-refractivity contribution in [1.82, 2.24) is 0 Å². The summed E-state index contributed by atoms with van der Waals surface area (Å²) in [6.07, 6.45) is 1.66. The SMILES string of the molecule is CCC(C)C(=O)SCCCOc1cc(=O)sc2cc(C)ccc12. The number of rotatable bonds is 7. The third-order valence-electron chi connectivity index (χ3n) is 3.67. The van der Waals surface area contributed by atoms with E-state index in [4.69, 9.17) is 4.74 Å². The Morgan fingerprint density at radius 3 is 2.87 bits per heavy atom. The standard InChI is InChI=1S/C18H22O3S2/c1-4-13(3)18(20)22-9-5-8-21-15-11-17(19)23-16-10-12(2)6-7-14(15)16/h6-7,10-11,13H,4-5,8-9H2,1-3H3. The maximum absolute atomic E-state index is 11.8. The van der Waals surface area contributed by atoms with Crippen LogP contribution < -0.4 is 9.48 Å². The number of ether oxygens (including phenoxy) is 1. The number of fused-ring (bicyclic) bond motifs is 1. The van der Waals surface area contributed by atoms with Gasteiger partial charge in [-0.2, -0.15) is 0 Å². The van der Waals surface area contributed by atoms with Gasteiger partial charge in [-0.25, -0.2) is 0 Å². The van der Waals surface area contributed by atoms with Gasteiger partial charge in [0, 0.05) is 27.8 Å². The van der Waals surface area contributed by atoms with Crippen LogP contribution in [-0.4, -0.2) is 17.5 Å². The van der Waals surface area contributed by atoms with E-state index in [-0.39, 0.29) is 15.8 Å². The second-order valence-corrected chi connectivity index (χ2v) is 7.75. The zero-order valence-electron chi connectivity index (χ0n) is 13.8. The smallest absolute Gasteiger partial charge is 0.236 e. The average Bonchev–Trinajstić information content (AvgIpc) is 2.52. The first-order chi connectivity index (χ1) is 11.0. The summed E-state index contributed by atoms with van der Waals surface area (Å²) in [5.41, 5.74) is 1.13. The summed E-state index contributed by atoms with van der Waals surface area (Å²) >= 11 is 2.61. The van der Waals surface area contributed by atoms with Crippen molar-refractivity contribution in [2.75, 3.05) is 12.4 Å². The van der Waals surface area contributed by atoms with Crippen molar-refractivity contribution >= 4 is 38.3 Å². The van der Waals surface area contributed by atoms with E-state index in [1.54, 1.807) is 6.07 Å². The Labute approximate surface area is 145 Å². The minimum Gasteiger partial charge on any atom is -0.493 e. The van der Waals surface area contributed by atoms with E-state index in [0.717, 1.165) is 34.2 Å². The molecule has 0 N–H and O–H groups in total. The second kappa shape index (κ2) is 8.50. The molecule has 0 aliphatic carbocycles. The highest BCUT2D eigenvalue weighted by atomic mass is 32.2. The lowest BCUT2D eigenvalue weighted by Crippen LogP contribution is -2.07. The van der Waals surface area contributed by atoms with Gasteiger partial charge in [0.25, 0.3) is 0 Å². The molecule has 2 rings (SSSR count). The first-order valence-corrected chi connectivity index (χ1v) is 9.65. The molecule has 0 saturated heterocycles. The van der Waals surface area contributed by atoms with Crippen molar-refractivity contribution in [3.63, 3.8) is 0 Å². The van der Waals surface area contributed by atoms with E-state index in [1.165, 1.54) is 23.1 Å². The fourth-order valence-corrected chi connectivity index (χ4v) is 3.90. The molecule has 2 aromatic rings. The molecule has 124 valence electrons. The van der Waals surface area contributed by atoms with Crippen LogP contribution in [0.5, 0.6) is 5.75 Å². The van der Waals surface area contributed by atoms with Crippen molar-refractivity contribution in [1.29, 1.82) is 0 Å². The molecule has 0 amide bonds. The molecule has 0 spiro atoms. The Morgan fingerprint density at radius 1 is 1.35 bits per heavy atom. The van der Waals surface area contributed by atoms with Gasteiger partial charge >= 0.3 is 0 Å². The largest absolute Gasteiger partial charge is 0.493 e. The Bertz CT molecular complexity index is 737. The first kappa shape index (κ1) is 18.0. The van der Waals surface area contributed by atoms with Crippen LogP contribution in [0.1, 0.15) is 32.3 Å². The molecule has 5 heteroatoms. The lowest BCUT2D eigenvalue weighted by molar-refractivity contribution is -0.113. The lowest BCUT2D eigenvalue weighted by atomic mass is 10.1. The minimum absolute atomic E-state index is 0.000534. The summed E-state index contributed by atoms with van der Waals surface area (Å²) in [7, 11) is 0. The number of benzene rings is 1. The maximum Gasteiger partial charge on any atom is 0.236 e. The van der Waals surface area contributed by atoms with Crippen LogP contribution >= 0.6 is 23.1 Å². The Balaban J connectivity index is 1.92. The van der Waals surface area contributed by atoms with Gasteiger partial charge in [-0.1, -0.05) is 43.0 Å². The van der Waals surface area contributed by atoms with Gasteiger partial charge in [-0.3, -0.25) is 9.59 Å². The molecule has 0 bridgehead atoms. The van der Waals surface area contributed by atoms with Gasteiger partial charge in [0.15, 0.2) is 5.12 Å². The Morgan fingerprint density at radius 2 is 2.13 bits per heavy atom. The van der Waals surface area contributed by atoms with Crippen LogP contribution in [0, 0.1) is 12.8 Å². The lowest BCUT2D eigenvalue weighted by Gasteiger charge is -2.09. The van der Waals surface area contributed by atoms with Crippen molar-refractivity contribution in [3.05, 3.63) is 39.4 Å². The van der Waals surface area contributed by atoms with Gasteiger partial charge in [0.1, 0.15) is 5.75 Å². The molecule has 0 saturated carbocycles. The zero-order valence-corrected chi connectivity index (χ0v) is 15.4. The van der Waals surface area contributed by atoms with Crippen LogP contribution in [0.2, 0.25) is 0 Å². The van der Waals surface area contributed by atoms with Crippen molar-refractivity contribution in [3.8, 4) is 5.75 Å². The van der Waals surface area contributed by atoms with Gasteiger partial charge in [-0.15, -0.1) is 0 Å². The van der Waals surface area contributed by atoms with E-state index < -0.39 is 0 Å². The number of hydrogen-bond donors (Lipinski definition) is 0. The quantitative estimate of drug-likeness (QED) is 0.682. The third kappa shape index (κ3) is 5.08. The minimum atomic E-state index is -0.000534. The molecule has 1 atom stereocenters. The summed E-state index contributed by atoms with van der Waals surface area (Å²) in [6.45, 7) is 6.50. The molecule has 1 aromatic carbocycles. The molecule has 23 heavy (non-hydrogen) atoms. The Hall–Kier alpha value is -1.33. The number of carbonyl (C=O) groups is 1. The van der Waals surface area contributed by atoms with Crippen molar-refractivity contribution in [2.24, 2.45) is 5.92 Å². The van der Waals surface area contributed by atoms with Crippen molar-refractivity contribution in [2.45, 2.75) is 33.6 Å². The summed E-state index contributed by atoms with van der Waals surface area (Å²) in [6, 6.07) is 7.58. The number of aryl methyl sites for hydroxylation is 1. The molecule has 0 aliphatic heterocycles. The van der Waals surface area contributed by atoms with Gasteiger partial charge < -0.3 is 4.74 Å². The molecule has 3 nitrogen and oxygen atoms in total. The van der Waals surface area contributed by atoms with Crippen LogP contribution in [0.4, 0.5) is 0 Å². The van der Waals surface area contributed by atoms with E-state index >= 15 is 0 Å². The highest BCUT2D eigenvalue weighted by Gasteiger charge is 2.11. The first-order valence-electron chi connectivity index (χ1n) is 7.85. The average molecular weight is 351 g/mol. The molecular weight excluding hydrogens is 328 g/mol. The summed E-state index contributed by atoms with van der Waals surface area (Å²) < 4.78 is 6.74. The number of thioether (sulfide) groups is 1. The van der Waals surface area contributed by atoms with Gasteiger partial charge in [0.05, 0.1) is 6.61 Å². The zero-order chi connectivity index (χ0) is 16.8. The summed E-state index contributed by atoms with van der Waals surface area (Å²) in [5, 5.41) is 1.22. The molecule has 1 aromatic heterocycles. The molecule has 0 aliphatic rings. The van der Waals surface area contributed by atoms with Gasteiger partial charge in [-0.05, 0) is 37.5 Å². The second-order valence-electron chi connectivity index (χ2n) is 5.61. The number of carbonyl (C=O) groups excluding carboxylic acids is 1. The molecule has 0 radical (unpaired) electrons. The fraction of sp³-hybridized carbons (Fsp3) is 0.444. The van der Waals surface area contributed by atoms with Gasteiger partial charge in [0.2, 0.25) is 4.74 Å². The number of hydrogen-bond acceptors (Lipinski definition) is 5. The topological polar surface area (TPSA) is 43.4 Å². The predicted molar refractivity (Wildman–Crippen MR) is 99.9 cm³/mol. The third-order valence-corrected chi connectivity index (χ3v) is 5.72. The highest BCUT2D eigenvalue weighted by Crippen LogP contribution is 2.27. The van der Waals surface area contributed by atoms with E-state index in [1.807, 2.05) is 39.0 Å². The molecule has 1 unspecified atom stereocenters. The molecule has 1 heterocycles. The highest BCUT2D eigenvalue weighted by molar-refractivity contribution is 8.13. The summed E-state index contributed by atoms with van der Waals surface area (Å²) in [4.78, 5) is 23.5. The van der Waals surface area contributed by atoms with E-state index in [9.17, 15) is 9.59 Å². The van der Waals surface area contributed by atoms with Crippen LogP contribution in [0.3, 0.4) is 0 Å². The monoisotopic (exact) mass is 350 g/mol. The van der Waals surface area contributed by atoms with E-state index in [0.29, 0.717) is 12.4 Å². The van der Waals surface area contributed by atoms with Crippen LogP contribution in [0.15, 0.2) is 29.1 Å². The van der Waals surface area contributed by atoms with E-state index in [2.05, 4.69) is 0 Å². The fourth-order valence-electron chi connectivity index (χ4n) is 2.08. The predicted octanol–water partition coefficient (Wildman–Crippen LogP) is 4.64. The van der Waals surface area contributed by atoms with Crippen molar-refractivity contribution < 1.29 is 9.53 Å². The molecular formula is C18H22O3S2. The maximum atomic E-state index is 11.8. The Kier molecular flexibility index (Phi) is 6.66. The summed E-state index contributed by atoms with van der Waals surface area (Å²) in [5.74, 6) is 1.51. The van der Waals surface area contributed by atoms with Crippen LogP contribution in [0.25, 0.3) is 10.1 Å². The molecule has 0 fully saturated rings.